The lowest BCUT2D eigenvalue weighted by Crippen LogP contribution is -2.37. The number of carbonyl (C=O) groups is 2. The fourth-order valence-electron chi connectivity index (χ4n) is 1.56. The molecule has 0 aliphatic carbocycles. The second kappa shape index (κ2) is 7.63. The van der Waals surface area contributed by atoms with Crippen LogP contribution < -0.4 is 10.7 Å². The fraction of sp³-hybridized carbons (Fsp3) is 0.0667. The molecule has 2 N–H and O–H groups in total. The van der Waals surface area contributed by atoms with Crippen LogP contribution in [0.1, 0.15) is 11.1 Å². The van der Waals surface area contributed by atoms with Gasteiger partial charge in [-0.25, -0.2) is 9.82 Å². The van der Waals surface area contributed by atoms with Crippen molar-refractivity contribution in [3.05, 3.63) is 65.7 Å². The van der Waals surface area contributed by atoms with Crippen LogP contribution in [-0.2, 0) is 16.1 Å². The number of benzene rings is 1. The van der Waals surface area contributed by atoms with Crippen molar-refractivity contribution in [2.24, 2.45) is 5.10 Å². The summed E-state index contributed by atoms with van der Waals surface area (Å²) < 4.78 is 13.3. The van der Waals surface area contributed by atoms with E-state index in [-0.39, 0.29) is 12.1 Å². The minimum Gasteiger partial charge on any atom is -0.344 e. The molecule has 0 saturated carbocycles. The Morgan fingerprint density at radius 2 is 2.00 bits per heavy atom. The van der Waals surface area contributed by atoms with Crippen molar-refractivity contribution in [2.45, 2.75) is 6.54 Å². The maximum absolute atomic E-state index is 13.3. The summed E-state index contributed by atoms with van der Waals surface area (Å²) in [6.07, 6.45) is 4.31. The van der Waals surface area contributed by atoms with E-state index in [0.717, 1.165) is 11.8 Å². The predicted molar refractivity (Wildman–Crippen MR) is 78.2 cm³/mol. The Hall–Kier alpha value is -3.09. The zero-order chi connectivity index (χ0) is 15.8. The van der Waals surface area contributed by atoms with Crippen molar-refractivity contribution in [1.82, 2.24) is 15.7 Å². The van der Waals surface area contributed by atoms with Crippen LogP contribution in [0.2, 0.25) is 0 Å². The third kappa shape index (κ3) is 4.48. The first-order chi connectivity index (χ1) is 10.7. The van der Waals surface area contributed by atoms with Gasteiger partial charge in [0.1, 0.15) is 5.82 Å². The molecule has 0 fully saturated rings. The second-order valence-electron chi connectivity index (χ2n) is 4.26. The lowest BCUT2D eigenvalue weighted by atomic mass is 10.2. The van der Waals surface area contributed by atoms with Crippen molar-refractivity contribution in [3.63, 3.8) is 0 Å². The normalized spacial score (nSPS) is 10.4. The molecule has 0 saturated heterocycles. The highest BCUT2D eigenvalue weighted by Gasteiger charge is 2.11. The number of hydrogen-bond acceptors (Lipinski definition) is 4. The zero-order valence-electron chi connectivity index (χ0n) is 11.5. The number of hydrazone groups is 1. The average Bonchev–Trinajstić information content (AvgIpc) is 2.55. The van der Waals surface area contributed by atoms with E-state index in [0.29, 0.717) is 0 Å². The number of halogens is 1. The minimum atomic E-state index is -0.934. The average molecular weight is 300 g/mol. The van der Waals surface area contributed by atoms with Gasteiger partial charge in [-0.05, 0) is 17.7 Å². The summed E-state index contributed by atoms with van der Waals surface area (Å²) in [6.45, 7) is 0.178. The van der Waals surface area contributed by atoms with E-state index in [4.69, 9.17) is 0 Å². The standard InChI is InChI=1S/C15H13FN4O2/c16-13-6-2-1-5-12(13)10-19-20-15(22)14(21)18-9-11-4-3-7-17-8-11/h1-8,10H,9H2,(H,18,21)(H,20,22). The molecule has 1 aromatic carbocycles. The Bertz CT molecular complexity index is 689. The van der Waals surface area contributed by atoms with Crippen molar-refractivity contribution < 1.29 is 14.0 Å². The maximum atomic E-state index is 13.3. The minimum absolute atomic E-state index is 0.178. The number of rotatable bonds is 4. The molecule has 112 valence electrons. The highest BCUT2D eigenvalue weighted by atomic mass is 19.1. The first-order valence-corrected chi connectivity index (χ1v) is 6.41. The van der Waals surface area contributed by atoms with Gasteiger partial charge in [0.25, 0.3) is 0 Å². The molecule has 1 heterocycles. The molecule has 0 bridgehead atoms. The highest BCUT2D eigenvalue weighted by molar-refractivity contribution is 6.35. The van der Waals surface area contributed by atoms with Gasteiger partial charge in [0.15, 0.2) is 0 Å². The van der Waals surface area contributed by atoms with E-state index < -0.39 is 17.6 Å². The van der Waals surface area contributed by atoms with E-state index in [1.807, 2.05) is 5.43 Å². The van der Waals surface area contributed by atoms with Gasteiger partial charge in [0, 0.05) is 24.5 Å². The molecule has 0 aliphatic heterocycles. The summed E-state index contributed by atoms with van der Waals surface area (Å²) >= 11 is 0. The number of aromatic nitrogens is 1. The topological polar surface area (TPSA) is 83.5 Å². The molecule has 0 unspecified atom stereocenters. The molecular weight excluding hydrogens is 287 g/mol. The van der Waals surface area contributed by atoms with Crippen LogP contribution in [0.5, 0.6) is 0 Å². The van der Waals surface area contributed by atoms with Crippen LogP contribution in [0.4, 0.5) is 4.39 Å². The fourth-order valence-corrected chi connectivity index (χ4v) is 1.56. The summed E-state index contributed by atoms with van der Waals surface area (Å²) in [5.74, 6) is -2.24. The van der Waals surface area contributed by atoms with E-state index in [2.05, 4.69) is 15.4 Å². The molecular formula is C15H13FN4O2. The lowest BCUT2D eigenvalue weighted by molar-refractivity contribution is -0.139. The van der Waals surface area contributed by atoms with E-state index in [1.165, 1.54) is 18.2 Å². The van der Waals surface area contributed by atoms with Crippen LogP contribution >= 0.6 is 0 Å². The van der Waals surface area contributed by atoms with Crippen molar-refractivity contribution >= 4 is 18.0 Å². The van der Waals surface area contributed by atoms with Crippen molar-refractivity contribution in [2.75, 3.05) is 0 Å². The first kappa shape index (κ1) is 15.3. The number of nitrogens with zero attached hydrogens (tertiary/aromatic N) is 2. The Morgan fingerprint density at radius 1 is 1.18 bits per heavy atom. The summed E-state index contributed by atoms with van der Waals surface area (Å²) in [4.78, 5) is 26.9. The third-order valence-corrected chi connectivity index (χ3v) is 2.66. The largest absolute Gasteiger partial charge is 0.344 e. The molecule has 0 spiro atoms. The van der Waals surface area contributed by atoms with Gasteiger partial charge in [0.2, 0.25) is 0 Å². The second-order valence-corrected chi connectivity index (χ2v) is 4.26. The number of hydrogen-bond donors (Lipinski definition) is 2. The Labute approximate surface area is 126 Å². The van der Waals surface area contributed by atoms with Gasteiger partial charge >= 0.3 is 11.8 Å². The van der Waals surface area contributed by atoms with Crippen molar-refractivity contribution in [3.8, 4) is 0 Å². The van der Waals surface area contributed by atoms with Gasteiger partial charge < -0.3 is 5.32 Å². The molecule has 1 aromatic heterocycles. The summed E-state index contributed by atoms with van der Waals surface area (Å²) in [5, 5.41) is 5.96. The molecule has 0 aliphatic rings. The van der Waals surface area contributed by atoms with Crippen LogP contribution in [-0.4, -0.2) is 23.0 Å². The van der Waals surface area contributed by atoms with Gasteiger partial charge in [0.05, 0.1) is 6.21 Å². The lowest BCUT2D eigenvalue weighted by Gasteiger charge is -2.03. The molecule has 7 heteroatoms. The molecule has 2 amide bonds. The highest BCUT2D eigenvalue weighted by Crippen LogP contribution is 2.02. The number of pyridine rings is 1. The Balaban J connectivity index is 1.82. The molecule has 22 heavy (non-hydrogen) atoms. The maximum Gasteiger partial charge on any atom is 0.329 e. The number of amides is 2. The monoisotopic (exact) mass is 300 g/mol. The quantitative estimate of drug-likeness (QED) is 0.502. The van der Waals surface area contributed by atoms with Crippen LogP contribution in [0.15, 0.2) is 53.9 Å². The van der Waals surface area contributed by atoms with Gasteiger partial charge in [-0.3, -0.25) is 14.6 Å². The summed E-state index contributed by atoms with van der Waals surface area (Å²) in [5.41, 5.74) is 3.00. The van der Waals surface area contributed by atoms with E-state index in [9.17, 15) is 14.0 Å². The third-order valence-electron chi connectivity index (χ3n) is 2.66. The van der Waals surface area contributed by atoms with Crippen LogP contribution in [0, 0.1) is 5.82 Å². The molecule has 2 aromatic rings. The summed E-state index contributed by atoms with van der Waals surface area (Å²) in [7, 11) is 0. The van der Waals surface area contributed by atoms with Gasteiger partial charge in [-0.15, -0.1) is 0 Å². The van der Waals surface area contributed by atoms with E-state index >= 15 is 0 Å². The van der Waals surface area contributed by atoms with Crippen LogP contribution in [0.3, 0.4) is 0 Å². The molecule has 6 nitrogen and oxygen atoms in total. The van der Waals surface area contributed by atoms with Gasteiger partial charge in [-0.1, -0.05) is 24.3 Å². The SMILES string of the molecule is O=C(NCc1cccnc1)C(=O)NN=Cc1ccccc1F. The molecule has 0 radical (unpaired) electrons. The zero-order valence-corrected chi connectivity index (χ0v) is 11.5. The van der Waals surface area contributed by atoms with Crippen molar-refractivity contribution in [1.29, 1.82) is 0 Å². The smallest absolute Gasteiger partial charge is 0.329 e. The predicted octanol–water partition coefficient (Wildman–Crippen LogP) is 0.987. The Kier molecular flexibility index (Phi) is 5.31. The number of carbonyl (C=O) groups excluding carboxylic acids is 2. The van der Waals surface area contributed by atoms with Gasteiger partial charge in [-0.2, -0.15) is 5.10 Å². The van der Waals surface area contributed by atoms with E-state index in [1.54, 1.807) is 30.6 Å². The summed E-state index contributed by atoms with van der Waals surface area (Å²) in [6, 6.07) is 9.42. The van der Waals surface area contributed by atoms with Crippen LogP contribution in [0.25, 0.3) is 0 Å². The Morgan fingerprint density at radius 3 is 2.73 bits per heavy atom. The first-order valence-electron chi connectivity index (χ1n) is 6.41. The molecule has 2 rings (SSSR count). The molecule has 0 atom stereocenters. The number of nitrogens with one attached hydrogen (secondary N) is 2.